The maximum absolute atomic E-state index is 13.5. The van der Waals surface area contributed by atoms with E-state index in [1.165, 1.54) is 6.07 Å². The highest BCUT2D eigenvalue weighted by Gasteiger charge is 2.33. The Morgan fingerprint density at radius 2 is 1.81 bits per heavy atom. The van der Waals surface area contributed by atoms with Gasteiger partial charge in [-0.3, -0.25) is 0 Å². The number of nitrogens with zero attached hydrogens (tertiary/aromatic N) is 5. The highest BCUT2D eigenvalue weighted by atomic mass is 35.5. The number of nitrogens with one attached hydrogen (secondary N) is 3. The van der Waals surface area contributed by atoms with Gasteiger partial charge in [0.25, 0.3) is 0 Å². The van der Waals surface area contributed by atoms with Crippen LogP contribution in [0.3, 0.4) is 0 Å². The minimum absolute atomic E-state index is 0.0143. The molecular formula is C36H38ClN9O10S2. The highest BCUT2D eigenvalue weighted by molar-refractivity contribution is 7.90. The van der Waals surface area contributed by atoms with Crippen molar-refractivity contribution < 1.29 is 40.3 Å². The topological polar surface area (TPSA) is 281 Å². The van der Waals surface area contributed by atoms with E-state index in [1.807, 2.05) is 55.5 Å². The molecule has 0 radical (unpaired) electrons. The third-order valence-electron chi connectivity index (χ3n) is 8.75. The van der Waals surface area contributed by atoms with Crippen LogP contribution >= 0.6 is 11.6 Å². The predicted molar refractivity (Wildman–Crippen MR) is 208 cm³/mol. The SMILES string of the molecule is CCCc1nc(C(C)(C)O)c(C(=O)OCc2oc(=O)oc2C)n1Cc1ccc(-c2ccccc2-c2nn[nH]n2)cc1.NS(=O)(=O)c1cc2c(cc1Cl)NCNS2(=O)=O. The van der Waals surface area contributed by atoms with Crippen LogP contribution in [0.25, 0.3) is 22.5 Å². The number of aryl methyl sites for hydroxylation is 2. The van der Waals surface area contributed by atoms with Crippen LogP contribution in [0, 0.1) is 6.92 Å². The molecule has 1 aliphatic heterocycles. The maximum atomic E-state index is 13.5. The van der Waals surface area contributed by atoms with E-state index in [-0.39, 0.29) is 51.8 Å². The third kappa shape index (κ3) is 9.19. The molecule has 6 N–H and O–H groups in total. The second-order valence-electron chi connectivity index (χ2n) is 13.4. The largest absolute Gasteiger partial charge is 0.519 e. The molecule has 22 heteroatoms. The zero-order valence-corrected chi connectivity index (χ0v) is 33.8. The molecule has 0 unspecified atom stereocenters. The average Bonchev–Trinajstić information content (AvgIpc) is 3.90. The Hall–Kier alpha value is -5.71. The second kappa shape index (κ2) is 16.6. The number of halogens is 1. The van der Waals surface area contributed by atoms with Crippen LogP contribution in [0.4, 0.5) is 5.69 Å². The van der Waals surface area contributed by atoms with Crippen molar-refractivity contribution >= 4 is 43.3 Å². The van der Waals surface area contributed by atoms with E-state index in [9.17, 15) is 31.5 Å². The molecule has 0 aliphatic carbocycles. The standard InChI is InChI=1S/C29H30N6O6.C7H8ClN3O4S2/c1-5-8-23-30-25(29(3,4)38)24(27(36)39-16-22-17(2)40-28(37)41-22)35(23)15-18-11-13-19(14-12-18)20-9-6-7-10-21(20)26-31-33-34-32-26;8-4-1-5-7(2-6(4)16(9,12)13)17(14,15)11-3-10-5/h6-7,9-14,38H,5,8,15-16H2,1-4H3,(H,31,32,33,34);1-2,10-11H,3H2,(H2,9,12,13). The summed E-state index contributed by atoms with van der Waals surface area (Å²) in [5.41, 5.74) is 2.83. The molecule has 4 heterocycles. The summed E-state index contributed by atoms with van der Waals surface area (Å²) in [5, 5.41) is 32.8. The number of sulfonamides is 2. The number of ether oxygens (including phenoxy) is 1. The van der Waals surface area contributed by atoms with Crippen LogP contribution in [0.1, 0.15) is 66.3 Å². The van der Waals surface area contributed by atoms with Gasteiger partial charge >= 0.3 is 11.8 Å². The summed E-state index contributed by atoms with van der Waals surface area (Å²) in [5.74, 6) is -0.0831. The first-order valence-corrected chi connectivity index (χ1v) is 20.9. The molecule has 7 rings (SSSR count). The minimum Gasteiger partial charge on any atom is -0.453 e. The molecule has 0 amide bonds. The third-order valence-corrected chi connectivity index (χ3v) is 11.6. The smallest absolute Gasteiger partial charge is 0.453 e. The number of aliphatic hydroxyl groups is 1. The summed E-state index contributed by atoms with van der Waals surface area (Å²) in [6, 6.07) is 17.9. The molecule has 6 aromatic rings. The monoisotopic (exact) mass is 855 g/mol. The fraction of sp³-hybridized carbons (Fsp3) is 0.278. The number of carbonyl (C=O) groups is 1. The van der Waals surface area contributed by atoms with Crippen molar-refractivity contribution in [2.24, 2.45) is 5.14 Å². The molecule has 306 valence electrons. The van der Waals surface area contributed by atoms with Crippen LogP contribution in [0.15, 0.2) is 84.1 Å². The van der Waals surface area contributed by atoms with Crippen molar-refractivity contribution in [1.82, 2.24) is 34.9 Å². The Bertz CT molecular complexity index is 2740. The molecule has 0 saturated carbocycles. The summed E-state index contributed by atoms with van der Waals surface area (Å²) in [6.07, 6.45) is 1.37. The average molecular weight is 856 g/mol. The van der Waals surface area contributed by atoms with E-state index in [0.29, 0.717) is 24.6 Å². The molecule has 0 atom stereocenters. The number of hydrogen-bond acceptors (Lipinski definition) is 15. The van der Waals surface area contributed by atoms with Gasteiger partial charge in [-0.2, -0.15) is 9.94 Å². The van der Waals surface area contributed by atoms with Crippen molar-refractivity contribution in [3.63, 3.8) is 0 Å². The number of H-pyrrole nitrogens is 1. The second-order valence-corrected chi connectivity index (χ2v) is 17.1. The lowest BCUT2D eigenvalue weighted by molar-refractivity contribution is 0.0395. The number of primary sulfonamides is 1. The fourth-order valence-electron chi connectivity index (χ4n) is 6.02. The number of aromatic nitrogens is 6. The number of fused-ring (bicyclic) bond motifs is 1. The van der Waals surface area contributed by atoms with Crippen molar-refractivity contribution in [3.8, 4) is 22.5 Å². The molecule has 3 aromatic heterocycles. The number of aromatic amines is 1. The van der Waals surface area contributed by atoms with Crippen LogP contribution in [0.5, 0.6) is 0 Å². The Balaban J connectivity index is 0.000000278. The Morgan fingerprint density at radius 1 is 1.10 bits per heavy atom. The molecule has 0 spiro atoms. The lowest BCUT2D eigenvalue weighted by Crippen LogP contribution is -2.34. The molecule has 0 fully saturated rings. The maximum Gasteiger partial charge on any atom is 0.519 e. The fourth-order valence-corrected chi connectivity index (χ4v) is 8.30. The van der Waals surface area contributed by atoms with Crippen LogP contribution < -0.4 is 21.0 Å². The number of rotatable bonds is 11. The van der Waals surface area contributed by atoms with Crippen molar-refractivity contribution in [2.75, 3.05) is 12.0 Å². The van der Waals surface area contributed by atoms with E-state index < -0.39 is 42.3 Å². The molecule has 3 aromatic carbocycles. The molecular weight excluding hydrogens is 818 g/mol. The first-order valence-electron chi connectivity index (χ1n) is 17.5. The lowest BCUT2D eigenvalue weighted by Gasteiger charge is -2.20. The van der Waals surface area contributed by atoms with Gasteiger partial charge in [-0.15, -0.1) is 10.2 Å². The Morgan fingerprint density at radius 3 is 2.41 bits per heavy atom. The number of imidazole rings is 1. The molecule has 19 nitrogen and oxygen atoms in total. The van der Waals surface area contributed by atoms with Crippen molar-refractivity contribution in [3.05, 3.63) is 111 Å². The van der Waals surface area contributed by atoms with E-state index in [0.717, 1.165) is 34.7 Å². The number of esters is 1. The number of nitrogens with two attached hydrogens (primary N) is 1. The summed E-state index contributed by atoms with van der Waals surface area (Å²) in [4.78, 5) is 28.9. The van der Waals surface area contributed by atoms with Crippen molar-refractivity contribution in [1.29, 1.82) is 0 Å². The number of hydrogen-bond donors (Lipinski definition) is 5. The van der Waals surface area contributed by atoms with E-state index in [1.54, 1.807) is 25.3 Å². The Kier molecular flexibility index (Phi) is 12.0. The first kappa shape index (κ1) is 41.9. The zero-order chi connectivity index (χ0) is 42.0. The van der Waals surface area contributed by atoms with E-state index in [2.05, 4.69) is 35.6 Å². The predicted octanol–water partition coefficient (Wildman–Crippen LogP) is 3.82. The quantitative estimate of drug-likeness (QED) is 0.116. The molecule has 58 heavy (non-hydrogen) atoms. The number of anilines is 1. The van der Waals surface area contributed by atoms with Crippen molar-refractivity contribution in [2.45, 2.75) is 69.1 Å². The molecule has 1 aliphatic rings. The highest BCUT2D eigenvalue weighted by Crippen LogP contribution is 2.33. The summed E-state index contributed by atoms with van der Waals surface area (Å²) >= 11 is 5.72. The van der Waals surface area contributed by atoms with Crippen LogP contribution in [-0.2, 0) is 50.0 Å². The first-order chi connectivity index (χ1) is 27.4. The number of tetrazole rings is 1. The van der Waals surface area contributed by atoms with Gasteiger partial charge in [0.1, 0.15) is 26.9 Å². The molecule has 0 saturated heterocycles. The van der Waals surface area contributed by atoms with Gasteiger partial charge in [0, 0.05) is 18.5 Å². The number of carbonyl (C=O) groups excluding carboxylic acids is 1. The summed E-state index contributed by atoms with van der Waals surface area (Å²) in [7, 11) is -7.80. The van der Waals surface area contributed by atoms with Crippen LogP contribution in [-0.4, -0.2) is 64.8 Å². The normalized spacial score (nSPS) is 13.6. The molecule has 0 bridgehead atoms. The summed E-state index contributed by atoms with van der Waals surface area (Å²) < 4.78 is 65.0. The lowest BCUT2D eigenvalue weighted by atomic mass is 9.98. The van der Waals surface area contributed by atoms with Gasteiger partial charge < -0.3 is 28.6 Å². The van der Waals surface area contributed by atoms with E-state index in [4.69, 9.17) is 30.3 Å². The van der Waals surface area contributed by atoms with Gasteiger partial charge in [-0.1, -0.05) is 67.1 Å². The number of benzene rings is 3. The van der Waals surface area contributed by atoms with Gasteiger partial charge in [-0.05, 0) is 61.2 Å². The van der Waals surface area contributed by atoms with Gasteiger partial charge in [0.05, 0.1) is 17.4 Å². The van der Waals surface area contributed by atoms with E-state index >= 15 is 0 Å². The van der Waals surface area contributed by atoms with Gasteiger partial charge in [-0.25, -0.2) is 36.5 Å². The minimum atomic E-state index is -4.07. The van der Waals surface area contributed by atoms with Crippen LogP contribution in [0.2, 0.25) is 5.02 Å². The van der Waals surface area contributed by atoms with Gasteiger partial charge in [0.15, 0.2) is 23.8 Å². The van der Waals surface area contributed by atoms with Gasteiger partial charge in [0.2, 0.25) is 25.9 Å². The summed E-state index contributed by atoms with van der Waals surface area (Å²) in [6.45, 7) is 6.73. The zero-order valence-electron chi connectivity index (χ0n) is 31.4. The Labute approximate surface area is 336 Å².